The van der Waals surface area contributed by atoms with E-state index in [9.17, 15) is 14.9 Å². The summed E-state index contributed by atoms with van der Waals surface area (Å²) in [4.78, 5) is 30.6. The summed E-state index contributed by atoms with van der Waals surface area (Å²) in [5.41, 5.74) is 12.3. The number of anilines is 2. The lowest BCUT2D eigenvalue weighted by molar-refractivity contribution is 0.0583. The van der Waals surface area contributed by atoms with E-state index in [0.29, 0.717) is 28.1 Å². The lowest BCUT2D eigenvalue weighted by atomic mass is 10.0. The van der Waals surface area contributed by atoms with E-state index >= 15 is 0 Å². The molecule has 35 heavy (non-hydrogen) atoms. The van der Waals surface area contributed by atoms with Gasteiger partial charge in [0, 0.05) is 16.5 Å². The number of hydrogen-bond acceptors (Lipinski definition) is 7. The van der Waals surface area contributed by atoms with Crippen LogP contribution in [0.1, 0.15) is 31.3 Å². The number of pyridine rings is 1. The molecule has 1 heterocycles. The summed E-state index contributed by atoms with van der Waals surface area (Å²) in [5, 5.41) is 10.8. The number of nitriles is 1. The van der Waals surface area contributed by atoms with Crippen molar-refractivity contribution in [1.29, 1.82) is 5.26 Å². The van der Waals surface area contributed by atoms with Gasteiger partial charge in [-0.3, -0.25) is 9.69 Å². The van der Waals surface area contributed by atoms with Crippen molar-refractivity contribution < 1.29 is 19.1 Å². The van der Waals surface area contributed by atoms with Crippen molar-refractivity contribution in [2.75, 3.05) is 24.3 Å². The summed E-state index contributed by atoms with van der Waals surface area (Å²) in [5.74, 6) is -0.340. The molecular formula is C26H27N5O4. The molecule has 3 aromatic rings. The first-order valence-electron chi connectivity index (χ1n) is 10.7. The Morgan fingerprint density at radius 3 is 2.46 bits per heavy atom. The Bertz CT molecular complexity index is 1370. The molecule has 9 nitrogen and oxygen atoms in total. The minimum Gasteiger partial charge on any atom is -0.495 e. The first kappa shape index (κ1) is 25.1. The van der Waals surface area contributed by atoms with Crippen LogP contribution < -0.4 is 21.1 Å². The van der Waals surface area contributed by atoms with Crippen LogP contribution in [0, 0.1) is 11.3 Å². The van der Waals surface area contributed by atoms with Gasteiger partial charge in [-0.1, -0.05) is 24.8 Å². The van der Waals surface area contributed by atoms with E-state index in [-0.39, 0.29) is 23.5 Å². The van der Waals surface area contributed by atoms with E-state index in [0.717, 1.165) is 5.39 Å². The summed E-state index contributed by atoms with van der Waals surface area (Å²) in [6, 6.07) is 14.3. The Morgan fingerprint density at radius 2 is 1.86 bits per heavy atom. The largest absolute Gasteiger partial charge is 0.495 e. The van der Waals surface area contributed by atoms with Gasteiger partial charge in [0.2, 0.25) is 0 Å². The quantitative estimate of drug-likeness (QED) is 0.504. The highest BCUT2D eigenvalue weighted by molar-refractivity contribution is 6.06. The van der Waals surface area contributed by atoms with Crippen LogP contribution in [-0.2, 0) is 4.74 Å². The van der Waals surface area contributed by atoms with Gasteiger partial charge < -0.3 is 20.9 Å². The smallest absolute Gasteiger partial charge is 0.415 e. The molecule has 0 spiro atoms. The molecule has 0 aliphatic heterocycles. The van der Waals surface area contributed by atoms with Gasteiger partial charge in [0.1, 0.15) is 11.4 Å². The molecule has 0 saturated heterocycles. The Balaban J connectivity index is 2.27. The molecule has 0 atom stereocenters. The highest BCUT2D eigenvalue weighted by Crippen LogP contribution is 2.39. The number of methoxy groups -OCH3 is 1. The van der Waals surface area contributed by atoms with Gasteiger partial charge in [-0.15, -0.1) is 0 Å². The van der Waals surface area contributed by atoms with Crippen LogP contribution in [0.5, 0.6) is 5.75 Å². The van der Waals surface area contributed by atoms with Crippen LogP contribution >= 0.6 is 0 Å². The maximum Gasteiger partial charge on any atom is 0.415 e. The maximum absolute atomic E-state index is 13.3. The Labute approximate surface area is 203 Å². The predicted octanol–water partition coefficient (Wildman–Crippen LogP) is 4.41. The minimum absolute atomic E-state index is 0.0332. The van der Waals surface area contributed by atoms with Crippen LogP contribution in [0.15, 0.2) is 54.6 Å². The fraction of sp³-hybridized carbons (Fsp3) is 0.231. The zero-order valence-electron chi connectivity index (χ0n) is 20.1. The lowest BCUT2D eigenvalue weighted by Crippen LogP contribution is -2.38. The van der Waals surface area contributed by atoms with Crippen LogP contribution in [-0.4, -0.2) is 36.2 Å². The number of primary amides is 1. The van der Waals surface area contributed by atoms with Gasteiger partial charge in [-0.05, 0) is 50.4 Å². The molecule has 0 radical (unpaired) electrons. The van der Waals surface area contributed by atoms with E-state index in [1.807, 2.05) is 30.3 Å². The topological polar surface area (TPSA) is 145 Å². The van der Waals surface area contributed by atoms with Crippen molar-refractivity contribution >= 4 is 34.1 Å². The second-order valence-electron chi connectivity index (χ2n) is 8.83. The van der Waals surface area contributed by atoms with E-state index in [1.54, 1.807) is 39.0 Å². The normalized spacial score (nSPS) is 10.9. The number of fused-ring (bicyclic) bond motifs is 1. The highest BCUT2D eigenvalue weighted by atomic mass is 16.6. The monoisotopic (exact) mass is 473 g/mol. The van der Waals surface area contributed by atoms with Gasteiger partial charge in [-0.25, -0.2) is 9.78 Å². The predicted molar refractivity (Wildman–Crippen MR) is 135 cm³/mol. The standard InChI is InChI=1S/C26H27N5O4/c1-15(13-27)14-31(25(33)35-26(2,3)4)23-18-12-17(7-6-16(18)8-11-21(23)34-5)20-10-9-19(28)22(30-20)24(29)32/h6-12H,1,14,28H2,2-5H3,(H2,29,32). The third-order valence-corrected chi connectivity index (χ3v) is 5.02. The van der Waals surface area contributed by atoms with Gasteiger partial charge >= 0.3 is 6.09 Å². The zero-order chi connectivity index (χ0) is 25.9. The molecule has 3 rings (SSSR count). The van der Waals surface area contributed by atoms with Gasteiger partial charge in [0.05, 0.1) is 36.8 Å². The average molecular weight is 474 g/mol. The molecule has 9 heteroatoms. The second kappa shape index (κ2) is 9.73. The first-order chi connectivity index (χ1) is 16.4. The number of carbonyl (C=O) groups is 2. The van der Waals surface area contributed by atoms with Crippen molar-refractivity contribution in [3.05, 3.63) is 60.3 Å². The van der Waals surface area contributed by atoms with Crippen LogP contribution in [0.25, 0.3) is 22.0 Å². The number of nitrogen functional groups attached to an aromatic ring is 1. The number of rotatable bonds is 6. The third kappa shape index (κ3) is 5.50. The summed E-state index contributed by atoms with van der Waals surface area (Å²) in [6.45, 7) is 8.90. The zero-order valence-corrected chi connectivity index (χ0v) is 20.1. The van der Waals surface area contributed by atoms with Crippen molar-refractivity contribution in [2.45, 2.75) is 26.4 Å². The molecule has 2 aromatic carbocycles. The van der Waals surface area contributed by atoms with Crippen molar-refractivity contribution in [1.82, 2.24) is 4.98 Å². The van der Waals surface area contributed by atoms with Gasteiger partial charge in [-0.2, -0.15) is 5.26 Å². The van der Waals surface area contributed by atoms with Crippen LogP contribution in [0.4, 0.5) is 16.2 Å². The maximum atomic E-state index is 13.3. The number of ether oxygens (including phenoxy) is 2. The van der Waals surface area contributed by atoms with Crippen molar-refractivity contribution in [3.8, 4) is 23.1 Å². The average Bonchev–Trinajstić information content (AvgIpc) is 2.80. The number of hydrogen-bond donors (Lipinski definition) is 2. The van der Waals surface area contributed by atoms with Crippen molar-refractivity contribution in [3.63, 3.8) is 0 Å². The van der Waals surface area contributed by atoms with Crippen LogP contribution in [0.2, 0.25) is 0 Å². The van der Waals surface area contributed by atoms with E-state index < -0.39 is 17.6 Å². The van der Waals surface area contributed by atoms with E-state index in [2.05, 4.69) is 11.6 Å². The first-order valence-corrected chi connectivity index (χ1v) is 10.7. The number of nitrogens with two attached hydrogens (primary N) is 2. The molecule has 0 aliphatic carbocycles. The lowest BCUT2D eigenvalue weighted by Gasteiger charge is -2.29. The molecule has 0 unspecified atom stereocenters. The number of benzene rings is 2. The Hall–Kier alpha value is -4.58. The molecule has 2 amide bonds. The number of amides is 2. The number of aromatic nitrogens is 1. The fourth-order valence-corrected chi connectivity index (χ4v) is 3.49. The molecule has 1 aromatic heterocycles. The number of carbonyl (C=O) groups excluding carboxylic acids is 2. The van der Waals surface area contributed by atoms with Gasteiger partial charge in [0.25, 0.3) is 5.91 Å². The SMILES string of the molecule is C=C(C#N)CN(C(=O)OC(C)(C)C)c1c(OC)ccc2ccc(-c3ccc(N)c(C(N)=O)n3)cc12. The fourth-order valence-electron chi connectivity index (χ4n) is 3.49. The Kier molecular flexibility index (Phi) is 6.96. The van der Waals surface area contributed by atoms with E-state index in [4.69, 9.17) is 20.9 Å². The Morgan fingerprint density at radius 1 is 1.17 bits per heavy atom. The number of nitrogens with zero attached hydrogens (tertiary/aromatic N) is 3. The summed E-state index contributed by atoms with van der Waals surface area (Å²) < 4.78 is 11.2. The van der Waals surface area contributed by atoms with Crippen molar-refractivity contribution in [2.24, 2.45) is 5.73 Å². The summed E-state index contributed by atoms with van der Waals surface area (Å²) in [6.07, 6.45) is -0.660. The summed E-state index contributed by atoms with van der Waals surface area (Å²) >= 11 is 0. The summed E-state index contributed by atoms with van der Waals surface area (Å²) in [7, 11) is 1.49. The third-order valence-electron chi connectivity index (χ3n) is 5.02. The molecule has 0 saturated carbocycles. The molecule has 180 valence electrons. The second-order valence-corrected chi connectivity index (χ2v) is 8.83. The van der Waals surface area contributed by atoms with Crippen LogP contribution in [0.3, 0.4) is 0 Å². The van der Waals surface area contributed by atoms with E-state index in [1.165, 1.54) is 12.0 Å². The minimum atomic E-state index is -0.772. The molecule has 0 bridgehead atoms. The molecule has 0 fully saturated rings. The molecule has 0 aliphatic rings. The molecule has 4 N–H and O–H groups in total. The highest BCUT2D eigenvalue weighted by Gasteiger charge is 2.28. The molecular weight excluding hydrogens is 446 g/mol. The van der Waals surface area contributed by atoms with Gasteiger partial charge in [0.15, 0.2) is 5.69 Å².